The van der Waals surface area contributed by atoms with Crippen molar-refractivity contribution in [1.29, 1.82) is 0 Å². The number of ether oxygens (including phenoxy) is 2. The predicted octanol–water partition coefficient (Wildman–Crippen LogP) is 19.0. The molecule has 0 heterocycles. The van der Waals surface area contributed by atoms with E-state index in [2.05, 4.69) is 98.8 Å². The van der Waals surface area contributed by atoms with Crippen LogP contribution in [0.4, 0.5) is 0 Å². The summed E-state index contributed by atoms with van der Waals surface area (Å²) in [4.78, 5) is 0. The maximum Gasteiger partial charge on any atom is 0.131 e. The first-order valence-electron chi connectivity index (χ1n) is 29.8. The lowest BCUT2D eigenvalue weighted by Gasteiger charge is -2.37. The van der Waals surface area contributed by atoms with Gasteiger partial charge in [0.25, 0.3) is 0 Å². The van der Waals surface area contributed by atoms with Crippen molar-refractivity contribution in [3.05, 3.63) is 147 Å². The van der Waals surface area contributed by atoms with Gasteiger partial charge in [-0.15, -0.1) is 0 Å². The number of rotatable bonds is 12. The van der Waals surface area contributed by atoms with Crippen molar-refractivity contribution in [2.45, 2.75) is 206 Å². The first-order chi connectivity index (χ1) is 36.3. The number of phenolic OH excluding ortho intramolecular Hbond substituents is 2. The molecule has 0 spiro atoms. The van der Waals surface area contributed by atoms with Crippen LogP contribution in [-0.2, 0) is 25.7 Å². The first-order valence-corrected chi connectivity index (χ1v) is 29.8. The standard InChI is InChI=1S/C70H84O4/c1-46-40-59(69(71)61(42-46)67-48(3)24-8-4-5-9-25-49-26-14-17-33-54(49)67)57-36-20-22-38-63(57)73-65(50-27-10-6-11-28-50)45-66(51-29-12-7-13-30-51)74-64-39-23-21-37-58(64)60-41-47(2)43-62(70(60)72)68-55-34-18-15-31-52(55)44-53-32-16-19-35-56(53)68/h20-23,25,36-44,50-51,65-66,71-72H,3-19,24,26-35,45H2,1-2H3/b49-25-,67-54+/t65-,66?/m1/s1. The Morgan fingerprint density at radius 2 is 0.959 bits per heavy atom. The molecule has 6 aliphatic rings. The Bertz CT molecular complexity index is 2860. The second kappa shape index (κ2) is 23.2. The Balaban J connectivity index is 0.960. The Hall–Kier alpha value is -5.48. The third-order valence-electron chi connectivity index (χ3n) is 18.5. The van der Waals surface area contributed by atoms with Crippen molar-refractivity contribution in [3.8, 4) is 56.4 Å². The minimum atomic E-state index is -0.0747. The lowest BCUT2D eigenvalue weighted by molar-refractivity contribution is 0.0256. The Kier molecular flexibility index (Phi) is 15.9. The Labute approximate surface area is 444 Å². The van der Waals surface area contributed by atoms with Gasteiger partial charge >= 0.3 is 0 Å². The zero-order chi connectivity index (χ0) is 50.5. The molecule has 5 aromatic carbocycles. The van der Waals surface area contributed by atoms with Gasteiger partial charge in [0.2, 0.25) is 0 Å². The third-order valence-corrected chi connectivity index (χ3v) is 18.5. The molecule has 5 aromatic rings. The van der Waals surface area contributed by atoms with Crippen LogP contribution in [0.15, 0.2) is 108 Å². The van der Waals surface area contributed by atoms with Crippen LogP contribution < -0.4 is 9.47 Å². The van der Waals surface area contributed by atoms with E-state index in [4.69, 9.17) is 16.1 Å². The van der Waals surface area contributed by atoms with Gasteiger partial charge < -0.3 is 19.7 Å². The number of benzene rings is 5. The van der Waals surface area contributed by atoms with Crippen molar-refractivity contribution < 1.29 is 19.7 Å². The smallest absolute Gasteiger partial charge is 0.131 e. The Morgan fingerprint density at radius 1 is 0.486 bits per heavy atom. The number of phenols is 2. The molecule has 4 nitrogen and oxygen atoms in total. The van der Waals surface area contributed by atoms with Gasteiger partial charge in [0.05, 0.1) is 0 Å². The molecule has 0 aliphatic heterocycles. The summed E-state index contributed by atoms with van der Waals surface area (Å²) in [5, 5.41) is 25.5. The van der Waals surface area contributed by atoms with E-state index in [1.807, 2.05) is 0 Å². The summed E-state index contributed by atoms with van der Waals surface area (Å²) in [5.74, 6) is 3.19. The van der Waals surface area contributed by atoms with Crippen molar-refractivity contribution in [1.82, 2.24) is 0 Å². The number of aryl methyl sites for hydroxylation is 4. The molecule has 74 heavy (non-hydrogen) atoms. The summed E-state index contributed by atoms with van der Waals surface area (Å²) in [7, 11) is 0. The molecule has 0 radical (unpaired) electrons. The minimum absolute atomic E-state index is 0.0705. The van der Waals surface area contributed by atoms with Crippen LogP contribution in [0.3, 0.4) is 0 Å². The van der Waals surface area contributed by atoms with Crippen LogP contribution >= 0.6 is 0 Å². The van der Waals surface area contributed by atoms with E-state index in [1.54, 1.807) is 0 Å². The normalized spacial score (nSPS) is 21.6. The SMILES string of the molecule is C=C1CCCCC/C=C2/CCCC/C2=C/1c1cc(C)cc(-c2ccccc2O[C@H](CC(Oc2ccccc2-c2cc(C)cc(-c3c4c(cc5c3CCCC5)CCCC4)c2O)C2CCCCC2)C2CCCCC2)c1O. The van der Waals surface area contributed by atoms with Crippen LogP contribution in [0.5, 0.6) is 23.0 Å². The van der Waals surface area contributed by atoms with Gasteiger partial charge in [0, 0.05) is 39.8 Å². The fourth-order valence-electron chi connectivity index (χ4n) is 14.7. The van der Waals surface area contributed by atoms with E-state index in [0.717, 1.165) is 151 Å². The fourth-order valence-corrected chi connectivity index (χ4v) is 14.7. The first kappa shape index (κ1) is 50.7. The van der Waals surface area contributed by atoms with E-state index < -0.39 is 0 Å². The van der Waals surface area contributed by atoms with Gasteiger partial charge in [-0.3, -0.25) is 0 Å². The zero-order valence-corrected chi connectivity index (χ0v) is 45.1. The topological polar surface area (TPSA) is 58.9 Å². The molecule has 0 aromatic heterocycles. The van der Waals surface area contributed by atoms with Crippen LogP contribution in [0.25, 0.3) is 39.0 Å². The number of aromatic hydroxyl groups is 2. The molecule has 1 unspecified atom stereocenters. The number of allylic oxidation sites excluding steroid dienone is 5. The number of fused-ring (bicyclic) bond motifs is 3. The second-order valence-corrected chi connectivity index (χ2v) is 23.7. The summed E-state index contributed by atoms with van der Waals surface area (Å²) in [6, 6.07) is 28.4. The van der Waals surface area contributed by atoms with Crippen molar-refractivity contribution in [3.63, 3.8) is 0 Å². The highest BCUT2D eigenvalue weighted by Crippen LogP contribution is 2.51. The minimum Gasteiger partial charge on any atom is -0.507 e. The lowest BCUT2D eigenvalue weighted by Crippen LogP contribution is -2.38. The molecule has 3 fully saturated rings. The van der Waals surface area contributed by atoms with Gasteiger partial charge in [-0.1, -0.05) is 100 Å². The molecule has 2 atom stereocenters. The maximum absolute atomic E-state index is 12.8. The number of hydrogen-bond acceptors (Lipinski definition) is 4. The molecule has 0 amide bonds. The van der Waals surface area contributed by atoms with Gasteiger partial charge in [0.1, 0.15) is 35.2 Å². The van der Waals surface area contributed by atoms with Crippen molar-refractivity contribution in [2.75, 3.05) is 0 Å². The van der Waals surface area contributed by atoms with Crippen molar-refractivity contribution in [2.24, 2.45) is 11.8 Å². The van der Waals surface area contributed by atoms with Gasteiger partial charge in [-0.05, 0) is 252 Å². The fraction of sp³-hybridized carbons (Fsp3) is 0.486. The highest BCUT2D eigenvalue weighted by Gasteiger charge is 2.36. The zero-order valence-electron chi connectivity index (χ0n) is 45.1. The van der Waals surface area contributed by atoms with E-state index in [-0.39, 0.29) is 12.2 Å². The molecular formula is C70H84O4. The molecule has 11 rings (SSSR count). The van der Waals surface area contributed by atoms with Crippen LogP contribution in [0, 0.1) is 25.7 Å². The van der Waals surface area contributed by atoms with Gasteiger partial charge in [0.15, 0.2) is 0 Å². The molecule has 3 saturated carbocycles. The number of hydrogen-bond donors (Lipinski definition) is 2. The average Bonchev–Trinajstić information content (AvgIpc) is 3.43. The van der Waals surface area contributed by atoms with E-state index >= 15 is 0 Å². The average molecular weight is 989 g/mol. The van der Waals surface area contributed by atoms with Gasteiger partial charge in [-0.2, -0.15) is 0 Å². The van der Waals surface area contributed by atoms with E-state index in [0.29, 0.717) is 23.3 Å². The summed E-state index contributed by atoms with van der Waals surface area (Å²) in [6.45, 7) is 9.12. The molecule has 0 saturated heterocycles. The summed E-state index contributed by atoms with van der Waals surface area (Å²) in [6.07, 6.45) is 34.6. The van der Waals surface area contributed by atoms with E-state index in [1.165, 1.54) is 134 Å². The predicted molar refractivity (Wildman–Crippen MR) is 308 cm³/mol. The second-order valence-electron chi connectivity index (χ2n) is 23.7. The number of para-hydroxylation sites is 2. The summed E-state index contributed by atoms with van der Waals surface area (Å²) in [5.41, 5.74) is 20.3. The molecular weight excluding hydrogens is 905 g/mol. The highest BCUT2D eigenvalue weighted by atomic mass is 16.5. The summed E-state index contributed by atoms with van der Waals surface area (Å²) < 4.78 is 15.2. The maximum atomic E-state index is 12.8. The lowest BCUT2D eigenvalue weighted by atomic mass is 9.76. The molecule has 6 aliphatic carbocycles. The van der Waals surface area contributed by atoms with Crippen LogP contribution in [-0.4, -0.2) is 22.4 Å². The summed E-state index contributed by atoms with van der Waals surface area (Å²) >= 11 is 0. The van der Waals surface area contributed by atoms with Crippen molar-refractivity contribution >= 4 is 5.57 Å². The van der Waals surface area contributed by atoms with E-state index in [9.17, 15) is 10.2 Å². The quantitative estimate of drug-likeness (QED) is 0.131. The Morgan fingerprint density at radius 3 is 1.55 bits per heavy atom. The molecule has 388 valence electrons. The largest absolute Gasteiger partial charge is 0.507 e. The van der Waals surface area contributed by atoms with Crippen LogP contribution in [0.2, 0.25) is 0 Å². The highest BCUT2D eigenvalue weighted by molar-refractivity contribution is 5.92. The monoisotopic (exact) mass is 989 g/mol. The van der Waals surface area contributed by atoms with Gasteiger partial charge in [-0.25, -0.2) is 0 Å². The molecule has 0 bridgehead atoms. The molecule has 2 N–H and O–H groups in total. The van der Waals surface area contributed by atoms with Crippen LogP contribution in [0.1, 0.15) is 193 Å². The molecule has 4 heteroatoms. The third kappa shape index (κ3) is 10.8.